The molecule has 10 nitrogen and oxygen atoms in total. The maximum absolute atomic E-state index is 13.6. The topological polar surface area (TPSA) is 135 Å². The molecule has 5 rings (SSSR count). The van der Waals surface area contributed by atoms with Gasteiger partial charge >= 0.3 is 5.97 Å². The van der Waals surface area contributed by atoms with Gasteiger partial charge in [-0.25, -0.2) is 19.3 Å². The van der Waals surface area contributed by atoms with E-state index in [1.165, 1.54) is 12.1 Å². The molecular formula is C24H21FN6O4. The highest BCUT2D eigenvalue weighted by Gasteiger charge is 2.41. The molecule has 3 N–H and O–H groups in total. The Morgan fingerprint density at radius 3 is 2.49 bits per heavy atom. The molecule has 1 aromatic carbocycles. The van der Waals surface area contributed by atoms with Crippen LogP contribution in [0.4, 0.5) is 16.0 Å². The normalized spacial score (nSPS) is 19.9. The molecule has 1 saturated heterocycles. The molecule has 0 bridgehead atoms. The van der Waals surface area contributed by atoms with Gasteiger partial charge in [0.25, 0.3) is 0 Å². The maximum Gasteiger partial charge on any atom is 0.314 e. The number of aliphatic carboxylic acids is 1. The highest BCUT2D eigenvalue weighted by molar-refractivity contribution is 5.77. The lowest BCUT2D eigenvalue weighted by molar-refractivity contribution is -0.236. The number of pyridine rings is 1. The highest BCUT2D eigenvalue weighted by atomic mass is 19.1. The Bertz CT molecular complexity index is 1340. The summed E-state index contributed by atoms with van der Waals surface area (Å²) in [5.41, 5.74) is 1.86. The fraction of sp³-hybridized carbons (Fsp3) is 0.208. The van der Waals surface area contributed by atoms with Gasteiger partial charge in [-0.15, -0.1) is 0 Å². The Labute approximate surface area is 199 Å². The predicted octanol–water partition coefficient (Wildman–Crippen LogP) is 3.95. The average Bonchev–Trinajstić information content (AvgIpc) is 3.31. The van der Waals surface area contributed by atoms with Gasteiger partial charge in [-0.3, -0.25) is 9.78 Å². The van der Waals surface area contributed by atoms with E-state index in [0.29, 0.717) is 34.4 Å². The van der Waals surface area contributed by atoms with Crippen LogP contribution in [0.15, 0.2) is 61.1 Å². The van der Waals surface area contributed by atoms with Crippen molar-refractivity contribution in [2.24, 2.45) is 5.41 Å². The number of imidazole rings is 1. The standard InChI is InChI=1S/C24H21FN6O4/c1-24(22(32)33)12-34-21(35-13-24)20-30-18(14-2-4-15(25)5-3-14)19(31-20)17-8-11-27-23(29-17)28-16-6-9-26-10-7-16/h2-11,21H,12-13H2,1H3,(H,30,31)(H,32,33)(H,26,27,28,29). The van der Waals surface area contributed by atoms with Crippen LogP contribution < -0.4 is 5.32 Å². The minimum Gasteiger partial charge on any atom is -0.481 e. The van der Waals surface area contributed by atoms with Crippen LogP contribution in [0.5, 0.6) is 0 Å². The SMILES string of the molecule is CC1(C(=O)O)COC(c2nc(-c3ccc(F)cc3)c(-c3ccnc(Nc4ccncc4)n3)[nH]2)OC1. The molecule has 1 aliphatic rings. The van der Waals surface area contributed by atoms with Crippen LogP contribution in [0, 0.1) is 11.2 Å². The number of hydrogen-bond donors (Lipinski definition) is 3. The Balaban J connectivity index is 1.50. The number of anilines is 2. The summed E-state index contributed by atoms with van der Waals surface area (Å²) in [6.07, 6.45) is 4.01. The van der Waals surface area contributed by atoms with Crippen molar-refractivity contribution >= 4 is 17.6 Å². The van der Waals surface area contributed by atoms with Crippen molar-refractivity contribution in [3.63, 3.8) is 0 Å². The Hall–Kier alpha value is -4.22. The molecular weight excluding hydrogens is 455 g/mol. The van der Waals surface area contributed by atoms with E-state index in [9.17, 15) is 14.3 Å². The lowest BCUT2D eigenvalue weighted by Gasteiger charge is -2.33. The van der Waals surface area contributed by atoms with Gasteiger partial charge in [-0.2, -0.15) is 0 Å². The molecule has 0 unspecified atom stereocenters. The number of nitrogens with one attached hydrogen (secondary N) is 2. The Kier molecular flexibility index (Phi) is 5.93. The van der Waals surface area contributed by atoms with Crippen LogP contribution in [0.25, 0.3) is 22.6 Å². The molecule has 0 amide bonds. The van der Waals surface area contributed by atoms with E-state index < -0.39 is 17.7 Å². The quantitative estimate of drug-likeness (QED) is 0.378. The zero-order chi connectivity index (χ0) is 24.4. The van der Waals surface area contributed by atoms with E-state index in [1.807, 2.05) is 0 Å². The minimum atomic E-state index is -1.15. The van der Waals surface area contributed by atoms with Crippen molar-refractivity contribution < 1.29 is 23.8 Å². The number of aromatic amines is 1. The lowest BCUT2D eigenvalue weighted by atomic mass is 9.92. The summed E-state index contributed by atoms with van der Waals surface area (Å²) in [7, 11) is 0. The molecule has 4 aromatic rings. The number of rotatable bonds is 6. The number of carboxylic acids is 1. The molecule has 0 radical (unpaired) electrons. The largest absolute Gasteiger partial charge is 0.481 e. The summed E-state index contributed by atoms with van der Waals surface area (Å²) in [6, 6.07) is 11.2. The van der Waals surface area contributed by atoms with E-state index in [4.69, 9.17) is 9.47 Å². The van der Waals surface area contributed by atoms with Gasteiger partial charge in [0, 0.05) is 29.8 Å². The summed E-state index contributed by atoms with van der Waals surface area (Å²) in [4.78, 5) is 32.2. The Morgan fingerprint density at radius 2 is 1.80 bits per heavy atom. The van der Waals surface area contributed by atoms with E-state index in [2.05, 4.69) is 30.2 Å². The van der Waals surface area contributed by atoms with Gasteiger partial charge in [0.05, 0.1) is 30.3 Å². The van der Waals surface area contributed by atoms with E-state index in [-0.39, 0.29) is 19.0 Å². The third-order valence-corrected chi connectivity index (χ3v) is 5.53. The average molecular weight is 476 g/mol. The fourth-order valence-electron chi connectivity index (χ4n) is 3.52. The maximum atomic E-state index is 13.6. The van der Waals surface area contributed by atoms with Gasteiger partial charge in [-0.1, -0.05) is 0 Å². The number of halogens is 1. The fourth-order valence-corrected chi connectivity index (χ4v) is 3.52. The smallest absolute Gasteiger partial charge is 0.314 e. The molecule has 0 atom stereocenters. The van der Waals surface area contributed by atoms with Gasteiger partial charge in [0.1, 0.15) is 11.2 Å². The molecule has 0 aliphatic carbocycles. The van der Waals surface area contributed by atoms with Gasteiger partial charge in [-0.05, 0) is 49.4 Å². The summed E-state index contributed by atoms with van der Waals surface area (Å²) in [5.74, 6) is -0.673. The van der Waals surface area contributed by atoms with Gasteiger partial charge in [0.15, 0.2) is 5.82 Å². The molecule has 11 heteroatoms. The third kappa shape index (κ3) is 4.72. The first-order valence-electron chi connectivity index (χ1n) is 10.7. The van der Waals surface area contributed by atoms with Crippen molar-refractivity contribution in [2.75, 3.05) is 18.5 Å². The second kappa shape index (κ2) is 9.20. The summed E-state index contributed by atoms with van der Waals surface area (Å²) in [5, 5.41) is 12.5. The van der Waals surface area contributed by atoms with Crippen LogP contribution in [0.3, 0.4) is 0 Å². The first-order chi connectivity index (χ1) is 16.9. The van der Waals surface area contributed by atoms with E-state index in [1.54, 1.807) is 55.8 Å². The number of benzene rings is 1. The number of carboxylic acid groups (broad SMARTS) is 1. The predicted molar refractivity (Wildman–Crippen MR) is 123 cm³/mol. The van der Waals surface area contributed by atoms with E-state index >= 15 is 0 Å². The number of hydrogen-bond acceptors (Lipinski definition) is 8. The molecule has 1 fully saturated rings. The van der Waals surface area contributed by atoms with Crippen LogP contribution in [-0.4, -0.2) is 49.2 Å². The third-order valence-electron chi connectivity index (χ3n) is 5.53. The monoisotopic (exact) mass is 476 g/mol. The molecule has 0 saturated carbocycles. The van der Waals surface area contributed by atoms with Crippen molar-refractivity contribution in [2.45, 2.75) is 13.2 Å². The van der Waals surface area contributed by atoms with Crippen LogP contribution in [-0.2, 0) is 14.3 Å². The Morgan fingerprint density at radius 1 is 1.09 bits per heavy atom. The first-order valence-corrected chi connectivity index (χ1v) is 10.7. The zero-order valence-electron chi connectivity index (χ0n) is 18.6. The van der Waals surface area contributed by atoms with Gasteiger partial charge < -0.3 is 24.9 Å². The van der Waals surface area contributed by atoms with E-state index in [0.717, 1.165) is 5.69 Å². The first kappa shape index (κ1) is 22.6. The molecule has 4 heterocycles. The number of carbonyl (C=O) groups is 1. The molecule has 1 aliphatic heterocycles. The number of aromatic nitrogens is 5. The van der Waals surface area contributed by atoms with Crippen molar-refractivity contribution in [3.8, 4) is 22.6 Å². The summed E-state index contributed by atoms with van der Waals surface area (Å²) < 4.78 is 25.0. The molecule has 0 spiro atoms. The lowest BCUT2D eigenvalue weighted by Crippen LogP contribution is -2.42. The minimum absolute atomic E-state index is 0.0393. The molecule has 3 aromatic heterocycles. The van der Waals surface area contributed by atoms with Crippen LogP contribution in [0.2, 0.25) is 0 Å². The molecule has 35 heavy (non-hydrogen) atoms. The second-order valence-electron chi connectivity index (χ2n) is 8.30. The van der Waals surface area contributed by atoms with Crippen molar-refractivity contribution in [3.05, 3.63) is 72.7 Å². The summed E-state index contributed by atoms with van der Waals surface area (Å²) >= 11 is 0. The number of nitrogens with zero attached hydrogens (tertiary/aromatic N) is 4. The van der Waals surface area contributed by atoms with Crippen LogP contribution >= 0.6 is 0 Å². The summed E-state index contributed by atoms with van der Waals surface area (Å²) in [6.45, 7) is 1.48. The van der Waals surface area contributed by atoms with Crippen molar-refractivity contribution in [1.29, 1.82) is 0 Å². The molecule has 178 valence electrons. The highest BCUT2D eigenvalue weighted by Crippen LogP contribution is 2.35. The van der Waals surface area contributed by atoms with Crippen molar-refractivity contribution in [1.82, 2.24) is 24.9 Å². The zero-order valence-corrected chi connectivity index (χ0v) is 18.6. The number of ether oxygens (including phenoxy) is 2. The second-order valence-corrected chi connectivity index (χ2v) is 8.30. The van der Waals surface area contributed by atoms with Gasteiger partial charge in [0.2, 0.25) is 12.2 Å². The van der Waals surface area contributed by atoms with Crippen LogP contribution in [0.1, 0.15) is 19.0 Å². The number of H-pyrrole nitrogens is 1.